The van der Waals surface area contributed by atoms with Crippen LogP contribution in [0.3, 0.4) is 0 Å². The molecule has 0 unspecified atom stereocenters. The van der Waals surface area contributed by atoms with E-state index < -0.39 is 0 Å². The first-order chi connectivity index (χ1) is 11.8. The minimum atomic E-state index is -0.0501. The summed E-state index contributed by atoms with van der Waals surface area (Å²) in [5, 5.41) is 0.729. The van der Waals surface area contributed by atoms with Gasteiger partial charge in [-0.25, -0.2) is 0 Å². The Kier molecular flexibility index (Phi) is 4.14. The van der Waals surface area contributed by atoms with Gasteiger partial charge in [-0.05, 0) is 35.9 Å². The third-order valence-electron chi connectivity index (χ3n) is 4.23. The summed E-state index contributed by atoms with van der Waals surface area (Å²) >= 11 is 6.00. The average molecular weight is 337 g/mol. The molecule has 0 bridgehead atoms. The molecule has 0 radical (unpaired) electrons. The molecular formula is C21H17ClO2. The second-order valence-electron chi connectivity index (χ2n) is 5.85. The topological polar surface area (TPSA) is 18.5 Å². The predicted octanol–water partition coefficient (Wildman–Crippen LogP) is 5.98. The molecule has 0 saturated heterocycles. The van der Waals surface area contributed by atoms with Crippen LogP contribution in [0.1, 0.15) is 29.8 Å². The molecule has 1 aliphatic heterocycles. The van der Waals surface area contributed by atoms with Gasteiger partial charge in [-0.15, -0.1) is 0 Å². The summed E-state index contributed by atoms with van der Waals surface area (Å²) in [6.45, 7) is 0. The number of halogens is 1. The zero-order chi connectivity index (χ0) is 16.4. The number of rotatable bonds is 3. The first kappa shape index (κ1) is 15.1. The Morgan fingerprint density at radius 3 is 2.33 bits per heavy atom. The van der Waals surface area contributed by atoms with Crippen molar-refractivity contribution in [1.29, 1.82) is 0 Å². The van der Waals surface area contributed by atoms with E-state index in [9.17, 15) is 0 Å². The number of fused-ring (bicyclic) bond motifs is 1. The lowest BCUT2D eigenvalue weighted by atomic mass is 9.95. The quantitative estimate of drug-likeness (QED) is 0.585. The van der Waals surface area contributed by atoms with Crippen molar-refractivity contribution < 1.29 is 9.47 Å². The molecule has 3 heteroatoms. The van der Waals surface area contributed by atoms with Crippen LogP contribution in [0.4, 0.5) is 0 Å². The summed E-state index contributed by atoms with van der Waals surface area (Å²) in [7, 11) is 0. The molecule has 0 aromatic heterocycles. The van der Waals surface area contributed by atoms with Gasteiger partial charge in [-0.2, -0.15) is 0 Å². The highest BCUT2D eigenvalue weighted by molar-refractivity contribution is 6.30. The molecule has 4 rings (SSSR count). The second-order valence-corrected chi connectivity index (χ2v) is 6.29. The van der Waals surface area contributed by atoms with Crippen molar-refractivity contribution in [1.82, 2.24) is 0 Å². The van der Waals surface area contributed by atoms with Crippen LogP contribution < -0.4 is 9.47 Å². The highest BCUT2D eigenvalue weighted by Crippen LogP contribution is 2.42. The minimum Gasteiger partial charge on any atom is -0.485 e. The summed E-state index contributed by atoms with van der Waals surface area (Å²) in [6, 6.07) is 25.8. The van der Waals surface area contributed by atoms with Crippen molar-refractivity contribution in [3.8, 4) is 11.5 Å². The maximum absolute atomic E-state index is 6.25. The molecule has 0 aliphatic carbocycles. The van der Waals surface area contributed by atoms with E-state index in [1.807, 2.05) is 72.8 Å². The van der Waals surface area contributed by atoms with E-state index in [2.05, 4.69) is 6.07 Å². The number of ether oxygens (including phenoxy) is 2. The molecule has 0 fully saturated rings. The van der Waals surface area contributed by atoms with E-state index >= 15 is 0 Å². The second kappa shape index (κ2) is 6.58. The largest absolute Gasteiger partial charge is 0.485 e. The highest BCUT2D eigenvalue weighted by Gasteiger charge is 2.30. The Morgan fingerprint density at radius 1 is 0.833 bits per heavy atom. The van der Waals surface area contributed by atoms with Crippen molar-refractivity contribution in [3.05, 3.63) is 95.0 Å². The van der Waals surface area contributed by atoms with Crippen LogP contribution in [0.2, 0.25) is 5.02 Å². The molecule has 0 N–H and O–H groups in total. The van der Waals surface area contributed by atoms with Crippen molar-refractivity contribution in [2.24, 2.45) is 0 Å². The van der Waals surface area contributed by atoms with E-state index in [0.717, 1.165) is 34.1 Å². The molecular weight excluding hydrogens is 320 g/mol. The zero-order valence-electron chi connectivity index (χ0n) is 13.1. The minimum absolute atomic E-state index is 0.0435. The molecule has 3 aromatic rings. The van der Waals surface area contributed by atoms with Gasteiger partial charge in [0.05, 0.1) is 0 Å². The Balaban J connectivity index is 1.66. The highest BCUT2D eigenvalue weighted by atomic mass is 35.5. The molecule has 24 heavy (non-hydrogen) atoms. The van der Waals surface area contributed by atoms with Gasteiger partial charge in [0.25, 0.3) is 0 Å². The van der Waals surface area contributed by atoms with Crippen LogP contribution in [0, 0.1) is 0 Å². The fourth-order valence-electron chi connectivity index (χ4n) is 3.03. The lowest BCUT2D eigenvalue weighted by molar-refractivity contribution is 0.0809. The summed E-state index contributed by atoms with van der Waals surface area (Å²) in [5.41, 5.74) is 2.20. The van der Waals surface area contributed by atoms with E-state index in [1.165, 1.54) is 0 Å². The van der Waals surface area contributed by atoms with Crippen LogP contribution in [0.15, 0.2) is 78.9 Å². The van der Waals surface area contributed by atoms with Gasteiger partial charge in [0.15, 0.2) is 0 Å². The smallest absolute Gasteiger partial charge is 0.131 e. The van der Waals surface area contributed by atoms with Crippen molar-refractivity contribution in [2.45, 2.75) is 18.6 Å². The van der Waals surface area contributed by atoms with Crippen LogP contribution in [-0.4, -0.2) is 0 Å². The number of benzene rings is 3. The molecule has 1 heterocycles. The molecule has 1 aliphatic rings. The van der Waals surface area contributed by atoms with Gasteiger partial charge >= 0.3 is 0 Å². The first-order valence-corrected chi connectivity index (χ1v) is 8.40. The van der Waals surface area contributed by atoms with E-state index in [0.29, 0.717) is 0 Å². The maximum Gasteiger partial charge on any atom is 0.131 e. The summed E-state index contributed by atoms with van der Waals surface area (Å²) in [4.78, 5) is 0. The molecule has 3 aromatic carbocycles. The number of hydrogen-bond acceptors (Lipinski definition) is 2. The third kappa shape index (κ3) is 3.10. The lowest BCUT2D eigenvalue weighted by Crippen LogP contribution is -2.22. The van der Waals surface area contributed by atoms with Gasteiger partial charge in [0, 0.05) is 17.0 Å². The van der Waals surface area contributed by atoms with Gasteiger partial charge in [0.2, 0.25) is 0 Å². The van der Waals surface area contributed by atoms with Crippen LogP contribution in [0.25, 0.3) is 0 Å². The molecule has 0 spiro atoms. The summed E-state index contributed by atoms with van der Waals surface area (Å²) < 4.78 is 12.5. The summed E-state index contributed by atoms with van der Waals surface area (Å²) in [5.74, 6) is 1.75. The maximum atomic E-state index is 6.25. The molecule has 0 saturated carbocycles. The van der Waals surface area contributed by atoms with Crippen LogP contribution in [-0.2, 0) is 0 Å². The Morgan fingerprint density at radius 2 is 1.54 bits per heavy atom. The summed E-state index contributed by atoms with van der Waals surface area (Å²) in [6.07, 6.45) is 0.664. The normalized spacial score (nSPS) is 19.2. The van der Waals surface area contributed by atoms with Gasteiger partial charge in [-0.1, -0.05) is 60.1 Å². The molecule has 2 nitrogen and oxygen atoms in total. The lowest BCUT2D eigenvalue weighted by Gasteiger charge is -2.32. The fourth-order valence-corrected chi connectivity index (χ4v) is 3.16. The Bertz CT molecular complexity index is 815. The Hall–Kier alpha value is -2.45. The fraction of sp³-hybridized carbons (Fsp3) is 0.143. The van der Waals surface area contributed by atoms with E-state index in [4.69, 9.17) is 21.1 Å². The zero-order valence-corrected chi connectivity index (χ0v) is 13.8. The van der Waals surface area contributed by atoms with Crippen molar-refractivity contribution >= 4 is 11.6 Å². The van der Waals surface area contributed by atoms with E-state index in [-0.39, 0.29) is 12.2 Å². The molecule has 2 atom stereocenters. The van der Waals surface area contributed by atoms with Gasteiger partial charge < -0.3 is 9.47 Å². The SMILES string of the molecule is Clc1ccc([C@H]2C[C@@H](Oc3ccccc3)c3ccccc3O2)cc1. The number of para-hydroxylation sites is 2. The van der Waals surface area contributed by atoms with Gasteiger partial charge in [0.1, 0.15) is 23.7 Å². The predicted molar refractivity (Wildman–Crippen MR) is 95.7 cm³/mol. The van der Waals surface area contributed by atoms with Crippen LogP contribution >= 0.6 is 11.6 Å². The molecule has 0 amide bonds. The van der Waals surface area contributed by atoms with Crippen molar-refractivity contribution in [3.63, 3.8) is 0 Å². The Labute approximate surface area is 146 Å². The van der Waals surface area contributed by atoms with E-state index in [1.54, 1.807) is 0 Å². The number of hydrogen-bond donors (Lipinski definition) is 0. The van der Waals surface area contributed by atoms with Crippen LogP contribution in [0.5, 0.6) is 11.5 Å². The van der Waals surface area contributed by atoms with Gasteiger partial charge in [-0.3, -0.25) is 0 Å². The average Bonchev–Trinajstić information content (AvgIpc) is 2.63. The van der Waals surface area contributed by atoms with Crippen molar-refractivity contribution in [2.75, 3.05) is 0 Å². The molecule has 120 valence electrons. The standard InChI is InChI=1S/C21H17ClO2/c22-16-12-10-15(11-13-16)20-14-21(23-17-6-2-1-3-7-17)18-8-4-5-9-19(18)24-20/h1-13,20-21H,14H2/t20-,21-/m1/s1. The first-order valence-electron chi connectivity index (χ1n) is 8.02. The monoisotopic (exact) mass is 336 g/mol. The third-order valence-corrected chi connectivity index (χ3v) is 4.48.